The van der Waals surface area contributed by atoms with Crippen LogP contribution in [0, 0.1) is 5.92 Å². The van der Waals surface area contributed by atoms with Gasteiger partial charge in [-0.2, -0.15) is 0 Å². The van der Waals surface area contributed by atoms with Gasteiger partial charge in [0.15, 0.2) is 18.5 Å². The summed E-state index contributed by atoms with van der Waals surface area (Å²) >= 11 is 0. The fraction of sp³-hybridized carbons (Fsp3) is 0.644. The number of benzene rings is 2. The first-order valence-electron chi connectivity index (χ1n) is 31.2. The molecule has 0 aromatic heterocycles. The molecule has 4 fully saturated rings. The van der Waals surface area contributed by atoms with E-state index in [-0.39, 0.29) is 36.2 Å². The van der Waals surface area contributed by atoms with Crippen molar-refractivity contribution in [2.75, 3.05) is 46.1 Å². The van der Waals surface area contributed by atoms with Gasteiger partial charge in [-0.05, 0) is 29.2 Å². The van der Waals surface area contributed by atoms with Gasteiger partial charge >= 0.3 is 0 Å². The van der Waals surface area contributed by atoms with Crippen molar-refractivity contribution >= 4 is 53.3 Å². The van der Waals surface area contributed by atoms with Crippen LogP contribution in [0.2, 0.25) is 0 Å². The number of hydrogen-bond donors (Lipinski definition) is 23. The first-order chi connectivity index (χ1) is 46.1. The summed E-state index contributed by atoms with van der Waals surface area (Å²) in [5, 5.41) is 172. The smallest absolute Gasteiger partial charge is 0.246 e. The number of ether oxygens (including phenoxy) is 5. The molecule has 2 aromatic carbocycles. The molecule has 38 nitrogen and oxygen atoms in total. The number of aliphatic hydroxyl groups is 14. The van der Waals surface area contributed by atoms with E-state index in [4.69, 9.17) is 29.4 Å². The third-order valence-electron chi connectivity index (χ3n) is 17.3. The highest BCUT2D eigenvalue weighted by Crippen LogP contribution is 2.33. The first-order valence-corrected chi connectivity index (χ1v) is 31.2. The van der Waals surface area contributed by atoms with E-state index in [9.17, 15) is 95.5 Å². The number of aliphatic hydroxyl groups excluding tert-OH is 14. The number of hydrogen-bond acceptors (Lipinski definition) is 31. The van der Waals surface area contributed by atoms with Gasteiger partial charge < -0.3 is 143 Å². The molecule has 538 valence electrons. The lowest BCUT2D eigenvalue weighted by Gasteiger charge is -2.47. The second kappa shape index (κ2) is 33.4. The van der Waals surface area contributed by atoms with E-state index in [1.165, 1.54) is 24.3 Å². The van der Waals surface area contributed by atoms with Gasteiger partial charge in [0.1, 0.15) is 121 Å². The number of carbonyl (C=O) groups excluding carboxylic acids is 7. The van der Waals surface area contributed by atoms with E-state index < -0.39 is 246 Å². The number of rotatable bonds is 19. The molecule has 8 rings (SSSR count). The molecule has 0 bridgehead atoms. The Labute approximate surface area is 553 Å². The predicted molar refractivity (Wildman–Crippen MR) is 327 cm³/mol. The lowest BCUT2D eigenvalue weighted by molar-refractivity contribution is -0.352. The Bertz CT molecular complexity index is 3100. The zero-order chi connectivity index (χ0) is 70.9. The Morgan fingerprint density at radius 3 is 1.80 bits per heavy atom. The Kier molecular flexibility index (Phi) is 25.9. The lowest BCUT2D eigenvalue weighted by atomic mass is 9.92. The molecule has 38 heteroatoms. The van der Waals surface area contributed by atoms with Crippen LogP contribution in [0.25, 0.3) is 0 Å². The normalized spacial score (nSPS) is 36.0. The largest absolute Gasteiger partial charge is 0.462 e. The van der Waals surface area contributed by atoms with Gasteiger partial charge in [-0.25, -0.2) is 0 Å². The average Bonchev–Trinajstić information content (AvgIpc) is 1.49. The molecule has 6 aliphatic rings. The number of guanidine groups is 2. The minimum absolute atomic E-state index is 0.0844. The molecule has 6 aliphatic heterocycles. The number of amides is 7. The van der Waals surface area contributed by atoms with Crippen LogP contribution < -0.4 is 53.0 Å². The quantitative estimate of drug-likeness (QED) is 0.0621. The molecule has 0 aliphatic carbocycles. The van der Waals surface area contributed by atoms with Crippen LogP contribution in [0.1, 0.15) is 44.2 Å². The summed E-state index contributed by atoms with van der Waals surface area (Å²) in [6.45, 7) is -0.767. The van der Waals surface area contributed by atoms with E-state index in [2.05, 4.69) is 52.5 Å². The van der Waals surface area contributed by atoms with Crippen molar-refractivity contribution in [1.82, 2.24) is 47.4 Å². The first kappa shape index (κ1) is 75.3. The second-order valence-electron chi connectivity index (χ2n) is 24.7. The van der Waals surface area contributed by atoms with Crippen molar-refractivity contribution < 1.29 is 129 Å². The average molecular weight is 1380 g/mol. The molecular weight excluding hydrogens is 1290 g/mol. The third kappa shape index (κ3) is 17.7. The topological polar surface area (TPSA) is 599 Å². The number of nitrogens with one attached hydrogen (secondary N) is 8. The predicted octanol–water partition coefficient (Wildman–Crippen LogP) is -12.4. The highest BCUT2D eigenvalue weighted by Gasteiger charge is 2.55. The Morgan fingerprint density at radius 1 is 0.608 bits per heavy atom. The summed E-state index contributed by atoms with van der Waals surface area (Å²) in [7, 11) is 0. The van der Waals surface area contributed by atoms with Crippen LogP contribution in [0.3, 0.4) is 0 Å². The molecule has 25 atom stereocenters. The van der Waals surface area contributed by atoms with E-state index in [1.807, 2.05) is 0 Å². The van der Waals surface area contributed by atoms with Gasteiger partial charge in [-0.3, -0.25) is 48.9 Å². The third-order valence-corrected chi connectivity index (χ3v) is 17.3. The summed E-state index contributed by atoms with van der Waals surface area (Å²) in [6, 6.07) is 0.435. The summed E-state index contributed by atoms with van der Waals surface area (Å²) in [5.74, 6) is -10.0. The van der Waals surface area contributed by atoms with Crippen molar-refractivity contribution in [3.8, 4) is 5.75 Å². The Hall–Kier alpha value is -7.45. The number of nitrogens with zero attached hydrogens (tertiary/aromatic N) is 3. The highest BCUT2D eigenvalue weighted by atomic mass is 16.7. The standard InChI is InChI=1S/C59H86N12O26/c1-22(2)13-34(76)68-59-63-16-30(71(59)55-46(85)43(82)41(80)31(19-73)94-55)40(79)38-53(91)65-29(18-72)50(88)61-17-35(77)67-36(23(3)25-7-5-4-6-8-25)52(90)64-27(51(89)69-37(54(92)70-38)39(78)28-15-62-58(60)66-28)14-24-9-11-26(12-10-24)93-56-48(87)45(84)49(33(21-75)96-56)97-57-47(86)44(83)42(81)32(20-74)95-57/h4-12,22-23,27-33,36-49,55-57,72-75,78-87H,13-21H2,1-3H3,(H,61,88)(H,64,90)(H,65,91)(H,67,77)(H,69,89)(H,70,92)(H3,60,62,66)(H,63,68,76)/t23?,27-,28?,29+,30?,31-,32-,33-,36+,37+,38-,39?,40?,41-,42-,43+,44+,45-,46+,47+,48+,49-,55+,56+,57-/m1/s1. The molecule has 0 saturated carbocycles. The molecule has 7 amide bonds. The summed E-state index contributed by atoms with van der Waals surface area (Å²) in [6.07, 6.45) is -32.4. The van der Waals surface area contributed by atoms with E-state index in [0.29, 0.717) is 5.56 Å². The van der Waals surface area contributed by atoms with Crippen LogP contribution in [0.15, 0.2) is 64.6 Å². The fourth-order valence-electron chi connectivity index (χ4n) is 11.8. The molecule has 6 heterocycles. The van der Waals surface area contributed by atoms with Crippen LogP contribution in [0.4, 0.5) is 0 Å². The molecule has 0 radical (unpaired) electrons. The summed E-state index contributed by atoms with van der Waals surface area (Å²) in [5.41, 5.74) is 6.62. The van der Waals surface area contributed by atoms with Crippen molar-refractivity contribution in [3.63, 3.8) is 0 Å². The zero-order valence-electron chi connectivity index (χ0n) is 52.7. The van der Waals surface area contributed by atoms with Gasteiger partial charge in [-0.15, -0.1) is 0 Å². The molecule has 4 saturated heterocycles. The SMILES string of the molecule is CC(C)CC(=O)NC1=NCC(C(O)[C@H]2NC(=O)[C@H](C(O)C3CN=C(N)N3)NC(=O)[C@@H](Cc3ccc(O[C@H]4O[C@H](CO)[C@@H](O[C@H]5O[C@H](CO)[C@@H](O)[C@H](O)[C@@H]5O)[C@H](O)[C@@H]4O)cc3)NC(=O)[C@H](C(C)c3ccccc3)NC(=O)CNC(=O)[C@H](CO)NC2=O)N1[C@H]1O[C@H](CO)[C@@H](O)[C@H](O)[C@@H]1O. The molecule has 5 unspecified atom stereocenters. The van der Waals surface area contributed by atoms with Crippen LogP contribution in [0.5, 0.6) is 5.75 Å². The van der Waals surface area contributed by atoms with Gasteiger partial charge in [0.05, 0.1) is 58.1 Å². The van der Waals surface area contributed by atoms with Gasteiger partial charge in [0.2, 0.25) is 53.6 Å². The van der Waals surface area contributed by atoms with Crippen LogP contribution in [-0.4, -0.2) is 322 Å². The Morgan fingerprint density at radius 2 is 1.19 bits per heavy atom. The fourth-order valence-corrected chi connectivity index (χ4v) is 11.8. The second-order valence-corrected chi connectivity index (χ2v) is 24.7. The van der Waals surface area contributed by atoms with Crippen molar-refractivity contribution in [2.24, 2.45) is 21.6 Å². The highest BCUT2D eigenvalue weighted by molar-refractivity contribution is 6.00. The molecule has 97 heavy (non-hydrogen) atoms. The Balaban J connectivity index is 1.13. The maximum atomic E-state index is 15.2. The molecule has 0 spiro atoms. The molecule has 2 aromatic rings. The van der Waals surface area contributed by atoms with Crippen LogP contribution in [-0.2, 0) is 58.9 Å². The zero-order valence-corrected chi connectivity index (χ0v) is 52.7. The van der Waals surface area contributed by atoms with Gasteiger partial charge in [-0.1, -0.05) is 63.2 Å². The van der Waals surface area contributed by atoms with Crippen LogP contribution >= 0.6 is 0 Å². The van der Waals surface area contributed by atoms with Crippen molar-refractivity contribution in [1.29, 1.82) is 0 Å². The summed E-state index contributed by atoms with van der Waals surface area (Å²) in [4.78, 5) is 111. The van der Waals surface area contributed by atoms with E-state index >= 15 is 9.59 Å². The number of nitrogens with two attached hydrogens (primary N) is 1. The maximum absolute atomic E-state index is 15.2. The van der Waals surface area contributed by atoms with E-state index in [0.717, 1.165) is 4.90 Å². The van der Waals surface area contributed by atoms with Crippen molar-refractivity contribution in [3.05, 3.63) is 65.7 Å². The lowest BCUT2D eigenvalue weighted by Crippen LogP contribution is -2.70. The minimum atomic E-state index is -2.42. The van der Waals surface area contributed by atoms with Crippen molar-refractivity contribution in [2.45, 2.75) is 186 Å². The monoisotopic (exact) mass is 1380 g/mol. The summed E-state index contributed by atoms with van der Waals surface area (Å²) < 4.78 is 28.5. The molecule has 24 N–H and O–H groups in total. The number of aliphatic imine (C=N–C) groups is 2. The van der Waals surface area contributed by atoms with Gasteiger partial charge in [0.25, 0.3) is 0 Å². The van der Waals surface area contributed by atoms with Gasteiger partial charge in [0, 0.05) is 18.8 Å². The molecular formula is C59H86N12O26. The number of carbonyl (C=O) groups is 7. The van der Waals surface area contributed by atoms with E-state index in [1.54, 1.807) is 51.1 Å². The minimum Gasteiger partial charge on any atom is -0.462 e. The maximum Gasteiger partial charge on any atom is 0.246 e.